The number of rotatable bonds is 6. The molecule has 0 saturated heterocycles. The zero-order valence-corrected chi connectivity index (χ0v) is 12.5. The minimum atomic E-state index is -0.0400. The van der Waals surface area contributed by atoms with Gasteiger partial charge in [0.2, 0.25) is 0 Å². The Kier molecular flexibility index (Phi) is 4.57. The molecule has 0 saturated carbocycles. The summed E-state index contributed by atoms with van der Waals surface area (Å²) in [5.41, 5.74) is 8.17. The Hall–Kier alpha value is -1.65. The maximum Gasteiger partial charge on any atom is 0.0648 e. The number of nitrogens with two attached hydrogens (primary N) is 1. The molecule has 0 aliphatic rings. The molecule has 20 heavy (non-hydrogen) atoms. The van der Waals surface area contributed by atoms with Crippen molar-refractivity contribution in [2.45, 2.75) is 32.9 Å². The van der Waals surface area contributed by atoms with Gasteiger partial charge >= 0.3 is 0 Å². The fourth-order valence-corrected chi connectivity index (χ4v) is 2.05. The van der Waals surface area contributed by atoms with Crippen LogP contribution in [0.5, 0.6) is 0 Å². The second kappa shape index (κ2) is 6.20. The van der Waals surface area contributed by atoms with Crippen molar-refractivity contribution < 1.29 is 0 Å². The topological polar surface area (TPSA) is 55.9 Å². The molecule has 0 bridgehead atoms. The van der Waals surface area contributed by atoms with E-state index in [1.807, 2.05) is 16.9 Å². The molecule has 2 aromatic rings. The molecule has 4 nitrogen and oxygen atoms in total. The first-order valence-corrected chi connectivity index (χ1v) is 7.09. The highest BCUT2D eigenvalue weighted by molar-refractivity contribution is 5.35. The molecule has 1 heterocycles. The summed E-state index contributed by atoms with van der Waals surface area (Å²) >= 11 is 0. The molecule has 2 rings (SSSR count). The predicted molar refractivity (Wildman–Crippen MR) is 82.7 cm³/mol. The van der Waals surface area contributed by atoms with E-state index in [2.05, 4.69) is 55.5 Å². The van der Waals surface area contributed by atoms with Crippen molar-refractivity contribution in [1.29, 1.82) is 0 Å². The van der Waals surface area contributed by atoms with Gasteiger partial charge in [0.15, 0.2) is 0 Å². The average molecular weight is 272 g/mol. The Labute approximate surface area is 121 Å². The third-order valence-corrected chi connectivity index (χ3v) is 4.07. The summed E-state index contributed by atoms with van der Waals surface area (Å²) in [5, 5.41) is 7.84. The fourth-order valence-electron chi connectivity index (χ4n) is 2.05. The predicted octanol–water partition coefficient (Wildman–Crippen LogP) is 2.34. The van der Waals surface area contributed by atoms with Gasteiger partial charge in [0.25, 0.3) is 0 Å². The maximum absolute atomic E-state index is 5.90. The van der Waals surface area contributed by atoms with Gasteiger partial charge in [-0.15, -0.1) is 0 Å². The highest BCUT2D eigenvalue weighted by atomic mass is 15.3. The zero-order chi connectivity index (χ0) is 14.6. The van der Waals surface area contributed by atoms with Crippen LogP contribution in [-0.4, -0.2) is 21.9 Å². The van der Waals surface area contributed by atoms with Gasteiger partial charge in [-0.1, -0.05) is 26.0 Å². The number of aromatic nitrogens is 2. The van der Waals surface area contributed by atoms with E-state index in [0.717, 1.165) is 12.2 Å². The van der Waals surface area contributed by atoms with Crippen LogP contribution in [0.2, 0.25) is 0 Å². The Morgan fingerprint density at radius 2 is 2.15 bits per heavy atom. The van der Waals surface area contributed by atoms with E-state index in [-0.39, 0.29) is 5.54 Å². The van der Waals surface area contributed by atoms with Gasteiger partial charge in [-0.05, 0) is 36.6 Å². The van der Waals surface area contributed by atoms with Crippen molar-refractivity contribution in [2.24, 2.45) is 11.7 Å². The smallest absolute Gasteiger partial charge is 0.0648 e. The summed E-state index contributed by atoms with van der Waals surface area (Å²) in [6.45, 7) is 8.00. The molecule has 0 spiro atoms. The summed E-state index contributed by atoms with van der Waals surface area (Å²) < 4.78 is 1.87. The van der Waals surface area contributed by atoms with Crippen LogP contribution in [0.15, 0.2) is 42.7 Å². The van der Waals surface area contributed by atoms with Gasteiger partial charge in [0, 0.05) is 31.0 Å². The first-order chi connectivity index (χ1) is 9.55. The molecule has 0 aliphatic carbocycles. The van der Waals surface area contributed by atoms with Crippen molar-refractivity contribution in [2.75, 3.05) is 6.54 Å². The lowest BCUT2D eigenvalue weighted by atomic mass is 9.88. The highest BCUT2D eigenvalue weighted by Gasteiger charge is 2.25. The fraction of sp³-hybridized carbons (Fsp3) is 0.438. The molecular formula is C16H24N4. The van der Waals surface area contributed by atoms with Crippen molar-refractivity contribution >= 4 is 0 Å². The quantitative estimate of drug-likeness (QED) is 0.848. The van der Waals surface area contributed by atoms with Crippen LogP contribution < -0.4 is 11.1 Å². The molecule has 3 N–H and O–H groups in total. The van der Waals surface area contributed by atoms with Gasteiger partial charge in [-0.3, -0.25) is 0 Å². The minimum Gasteiger partial charge on any atom is -0.329 e. The van der Waals surface area contributed by atoms with Crippen LogP contribution >= 0.6 is 0 Å². The SMILES string of the molecule is CC(C)C(C)(CN)NCc1cccc(-n2cccn2)c1. The summed E-state index contributed by atoms with van der Waals surface area (Å²) in [5.74, 6) is 0.488. The number of nitrogens with zero attached hydrogens (tertiary/aromatic N) is 2. The van der Waals surface area contributed by atoms with Crippen molar-refractivity contribution in [3.8, 4) is 5.69 Å². The lowest BCUT2D eigenvalue weighted by Crippen LogP contribution is -2.52. The van der Waals surface area contributed by atoms with E-state index in [4.69, 9.17) is 5.73 Å². The van der Waals surface area contributed by atoms with E-state index in [1.54, 1.807) is 6.20 Å². The number of hydrogen-bond donors (Lipinski definition) is 2. The van der Waals surface area contributed by atoms with E-state index < -0.39 is 0 Å². The van der Waals surface area contributed by atoms with Crippen molar-refractivity contribution in [3.63, 3.8) is 0 Å². The zero-order valence-electron chi connectivity index (χ0n) is 12.5. The normalized spacial score (nSPS) is 14.4. The molecule has 1 aromatic heterocycles. The largest absolute Gasteiger partial charge is 0.329 e. The van der Waals surface area contributed by atoms with Gasteiger partial charge in [-0.2, -0.15) is 5.10 Å². The Morgan fingerprint density at radius 1 is 1.35 bits per heavy atom. The van der Waals surface area contributed by atoms with Crippen LogP contribution in [0.25, 0.3) is 5.69 Å². The van der Waals surface area contributed by atoms with Gasteiger partial charge < -0.3 is 11.1 Å². The van der Waals surface area contributed by atoms with Crippen LogP contribution in [0.4, 0.5) is 0 Å². The summed E-state index contributed by atoms with van der Waals surface area (Å²) in [6.07, 6.45) is 3.74. The molecule has 1 aromatic carbocycles. The molecule has 1 atom stereocenters. The summed E-state index contributed by atoms with van der Waals surface area (Å²) in [6, 6.07) is 10.3. The highest BCUT2D eigenvalue weighted by Crippen LogP contribution is 2.16. The van der Waals surface area contributed by atoms with Crippen LogP contribution in [-0.2, 0) is 6.54 Å². The van der Waals surface area contributed by atoms with Crippen molar-refractivity contribution in [1.82, 2.24) is 15.1 Å². The lowest BCUT2D eigenvalue weighted by molar-refractivity contribution is 0.267. The van der Waals surface area contributed by atoms with E-state index in [0.29, 0.717) is 12.5 Å². The maximum atomic E-state index is 5.90. The van der Waals surface area contributed by atoms with Crippen LogP contribution in [0, 0.1) is 5.92 Å². The monoisotopic (exact) mass is 272 g/mol. The third-order valence-electron chi connectivity index (χ3n) is 4.07. The van der Waals surface area contributed by atoms with Gasteiger partial charge in [0.1, 0.15) is 0 Å². The molecule has 1 unspecified atom stereocenters. The number of nitrogens with one attached hydrogen (secondary N) is 1. The number of benzene rings is 1. The Balaban J connectivity index is 2.09. The number of hydrogen-bond acceptors (Lipinski definition) is 3. The van der Waals surface area contributed by atoms with Crippen LogP contribution in [0.1, 0.15) is 26.3 Å². The van der Waals surface area contributed by atoms with Gasteiger partial charge in [-0.25, -0.2) is 4.68 Å². The lowest BCUT2D eigenvalue weighted by Gasteiger charge is -2.34. The van der Waals surface area contributed by atoms with Crippen LogP contribution in [0.3, 0.4) is 0 Å². The first kappa shape index (κ1) is 14.8. The minimum absolute atomic E-state index is 0.0400. The third kappa shape index (κ3) is 3.26. The summed E-state index contributed by atoms with van der Waals surface area (Å²) in [4.78, 5) is 0. The summed E-state index contributed by atoms with van der Waals surface area (Å²) in [7, 11) is 0. The average Bonchev–Trinajstić information content (AvgIpc) is 2.99. The molecule has 0 fully saturated rings. The second-order valence-electron chi connectivity index (χ2n) is 5.75. The molecular weight excluding hydrogens is 248 g/mol. The molecule has 0 radical (unpaired) electrons. The molecule has 0 aliphatic heterocycles. The van der Waals surface area contributed by atoms with E-state index in [9.17, 15) is 0 Å². The first-order valence-electron chi connectivity index (χ1n) is 7.09. The van der Waals surface area contributed by atoms with Crippen molar-refractivity contribution in [3.05, 3.63) is 48.3 Å². The standard InChI is InChI=1S/C16H24N4/c1-13(2)16(3,12-17)18-11-14-6-4-7-15(10-14)20-9-5-8-19-20/h4-10,13,18H,11-12,17H2,1-3H3. The Morgan fingerprint density at radius 3 is 2.75 bits per heavy atom. The second-order valence-corrected chi connectivity index (χ2v) is 5.75. The van der Waals surface area contributed by atoms with E-state index >= 15 is 0 Å². The van der Waals surface area contributed by atoms with Gasteiger partial charge in [0.05, 0.1) is 5.69 Å². The Bertz CT molecular complexity index is 533. The molecule has 0 amide bonds. The van der Waals surface area contributed by atoms with E-state index in [1.165, 1.54) is 5.56 Å². The molecule has 4 heteroatoms. The molecule has 108 valence electrons.